The second-order valence-electron chi connectivity index (χ2n) is 10.9. The van der Waals surface area contributed by atoms with Crippen LogP contribution in [-0.2, 0) is 11.3 Å². The van der Waals surface area contributed by atoms with E-state index in [1.54, 1.807) is 4.90 Å². The van der Waals surface area contributed by atoms with Gasteiger partial charge >= 0.3 is 6.09 Å². The standard InChI is InChI=1S/C28H35N5O3/c1-3-36-27(35)33-18-28(19-33)9-8-22(16-28)31-11-13-32(14-12-31)25-23(5-4-10-29-25)20-6-7-21-17-30(2)26(34)24(21)15-20/h4-7,10,15,22H,3,8-9,11-14,16-19H2,1-2H3/t22-/m1/s1. The van der Waals surface area contributed by atoms with E-state index in [0.717, 1.165) is 67.3 Å². The summed E-state index contributed by atoms with van der Waals surface area (Å²) in [6.45, 7) is 8.59. The highest BCUT2D eigenvalue weighted by atomic mass is 16.6. The minimum absolute atomic E-state index is 0.0945. The molecule has 8 nitrogen and oxygen atoms in total. The largest absolute Gasteiger partial charge is 0.450 e. The van der Waals surface area contributed by atoms with Crippen LogP contribution in [0.3, 0.4) is 0 Å². The van der Waals surface area contributed by atoms with Crippen molar-refractivity contribution in [3.05, 3.63) is 47.7 Å². The Morgan fingerprint density at radius 1 is 1.14 bits per heavy atom. The van der Waals surface area contributed by atoms with E-state index in [9.17, 15) is 9.59 Å². The van der Waals surface area contributed by atoms with Crippen LogP contribution in [0.25, 0.3) is 11.1 Å². The van der Waals surface area contributed by atoms with Gasteiger partial charge in [0.25, 0.3) is 5.91 Å². The van der Waals surface area contributed by atoms with Gasteiger partial charge in [-0.3, -0.25) is 9.69 Å². The molecule has 0 bridgehead atoms. The Bertz CT molecular complexity index is 1170. The minimum atomic E-state index is -0.161. The van der Waals surface area contributed by atoms with Gasteiger partial charge in [0.1, 0.15) is 5.82 Å². The van der Waals surface area contributed by atoms with Crippen molar-refractivity contribution in [2.45, 2.75) is 38.8 Å². The molecule has 3 fully saturated rings. The number of benzene rings is 1. The molecular formula is C28H35N5O3. The Morgan fingerprint density at radius 3 is 2.72 bits per heavy atom. The van der Waals surface area contributed by atoms with Crippen molar-refractivity contribution in [2.75, 3.05) is 57.8 Å². The second-order valence-corrected chi connectivity index (χ2v) is 10.9. The number of ether oxygens (including phenoxy) is 1. The van der Waals surface area contributed by atoms with Gasteiger partial charge in [-0.1, -0.05) is 12.1 Å². The number of fused-ring (bicyclic) bond motifs is 1. The molecule has 1 aromatic heterocycles. The quantitative estimate of drug-likeness (QED) is 0.655. The number of hydrogen-bond acceptors (Lipinski definition) is 6. The molecule has 1 aliphatic carbocycles. The summed E-state index contributed by atoms with van der Waals surface area (Å²) in [6.07, 6.45) is 5.29. The van der Waals surface area contributed by atoms with Crippen LogP contribution in [0.4, 0.5) is 10.6 Å². The summed E-state index contributed by atoms with van der Waals surface area (Å²) in [4.78, 5) is 38.0. The molecule has 4 heterocycles. The number of nitrogens with zero attached hydrogens (tertiary/aromatic N) is 5. The highest BCUT2D eigenvalue weighted by molar-refractivity contribution is 5.99. The van der Waals surface area contributed by atoms with Crippen LogP contribution >= 0.6 is 0 Å². The summed E-state index contributed by atoms with van der Waals surface area (Å²) in [5.41, 5.74) is 4.34. The molecule has 3 aliphatic heterocycles. The summed E-state index contributed by atoms with van der Waals surface area (Å²) in [5.74, 6) is 1.10. The fourth-order valence-corrected chi connectivity index (χ4v) is 6.67. The molecule has 1 aromatic carbocycles. The van der Waals surface area contributed by atoms with Crippen LogP contribution in [0.1, 0.15) is 42.1 Å². The molecule has 0 radical (unpaired) electrons. The van der Waals surface area contributed by atoms with Gasteiger partial charge in [0.05, 0.1) is 6.61 Å². The van der Waals surface area contributed by atoms with Gasteiger partial charge < -0.3 is 19.4 Å². The van der Waals surface area contributed by atoms with E-state index in [-0.39, 0.29) is 12.0 Å². The van der Waals surface area contributed by atoms with Gasteiger partial charge in [-0.05, 0) is 55.5 Å². The predicted molar refractivity (Wildman–Crippen MR) is 138 cm³/mol. The Hall–Kier alpha value is -3.13. The van der Waals surface area contributed by atoms with Gasteiger partial charge in [0.15, 0.2) is 0 Å². The van der Waals surface area contributed by atoms with Crippen LogP contribution in [0.15, 0.2) is 36.5 Å². The first-order chi connectivity index (χ1) is 17.5. The van der Waals surface area contributed by atoms with Crippen molar-refractivity contribution in [1.82, 2.24) is 19.7 Å². The van der Waals surface area contributed by atoms with Crippen molar-refractivity contribution in [3.8, 4) is 11.1 Å². The summed E-state index contributed by atoms with van der Waals surface area (Å²) in [6, 6.07) is 10.9. The predicted octanol–water partition coefficient (Wildman–Crippen LogP) is 3.47. The summed E-state index contributed by atoms with van der Waals surface area (Å²) >= 11 is 0. The molecule has 2 amide bonds. The lowest BCUT2D eigenvalue weighted by Gasteiger charge is -2.48. The van der Waals surface area contributed by atoms with E-state index in [1.165, 1.54) is 19.3 Å². The number of anilines is 1. The molecule has 4 aliphatic rings. The number of pyridine rings is 1. The van der Waals surface area contributed by atoms with Gasteiger partial charge in [0.2, 0.25) is 0 Å². The number of amides is 2. The number of rotatable bonds is 4. The first-order valence-electron chi connectivity index (χ1n) is 13.2. The fraction of sp³-hybridized carbons (Fsp3) is 0.536. The Balaban J connectivity index is 1.10. The lowest BCUT2D eigenvalue weighted by molar-refractivity contribution is -0.00294. The van der Waals surface area contributed by atoms with E-state index < -0.39 is 0 Å². The molecule has 2 saturated heterocycles. The van der Waals surface area contributed by atoms with E-state index in [4.69, 9.17) is 9.72 Å². The molecule has 1 atom stereocenters. The molecular weight excluding hydrogens is 454 g/mol. The highest BCUT2D eigenvalue weighted by Crippen LogP contribution is 2.47. The Morgan fingerprint density at radius 2 is 1.94 bits per heavy atom. The topological polar surface area (TPSA) is 69.2 Å². The Kier molecular flexibility index (Phi) is 5.86. The van der Waals surface area contributed by atoms with Crippen molar-refractivity contribution in [3.63, 3.8) is 0 Å². The smallest absolute Gasteiger partial charge is 0.409 e. The van der Waals surface area contributed by atoms with Crippen LogP contribution in [0.5, 0.6) is 0 Å². The van der Waals surface area contributed by atoms with Gasteiger partial charge in [-0.15, -0.1) is 0 Å². The van der Waals surface area contributed by atoms with E-state index >= 15 is 0 Å². The number of piperazine rings is 1. The van der Waals surface area contributed by atoms with Gasteiger partial charge in [-0.2, -0.15) is 0 Å². The zero-order valence-corrected chi connectivity index (χ0v) is 21.3. The van der Waals surface area contributed by atoms with Crippen LogP contribution in [0, 0.1) is 5.41 Å². The molecule has 6 rings (SSSR count). The number of carbonyl (C=O) groups excluding carboxylic acids is 2. The van der Waals surface area contributed by atoms with Gasteiger partial charge in [-0.25, -0.2) is 9.78 Å². The van der Waals surface area contributed by atoms with Crippen LogP contribution in [0.2, 0.25) is 0 Å². The lowest BCUT2D eigenvalue weighted by Crippen LogP contribution is -2.58. The summed E-state index contributed by atoms with van der Waals surface area (Å²) in [7, 11) is 1.85. The monoisotopic (exact) mass is 489 g/mol. The molecule has 2 aromatic rings. The van der Waals surface area contributed by atoms with Crippen molar-refractivity contribution >= 4 is 17.8 Å². The first-order valence-corrected chi connectivity index (χ1v) is 13.2. The molecule has 1 saturated carbocycles. The third kappa shape index (κ3) is 4.01. The minimum Gasteiger partial charge on any atom is -0.450 e. The van der Waals surface area contributed by atoms with Crippen molar-refractivity contribution in [2.24, 2.45) is 5.41 Å². The zero-order chi connectivity index (χ0) is 24.9. The number of likely N-dealkylation sites (tertiary alicyclic amines) is 1. The summed E-state index contributed by atoms with van der Waals surface area (Å²) < 4.78 is 5.17. The molecule has 1 spiro atoms. The van der Waals surface area contributed by atoms with Gasteiger partial charge in [0, 0.05) is 81.6 Å². The molecule has 0 unspecified atom stereocenters. The van der Waals surface area contributed by atoms with E-state index in [0.29, 0.717) is 24.6 Å². The van der Waals surface area contributed by atoms with Crippen LogP contribution < -0.4 is 4.90 Å². The first kappa shape index (κ1) is 23.3. The normalized spacial score (nSPS) is 23.2. The molecule has 190 valence electrons. The van der Waals surface area contributed by atoms with E-state index in [2.05, 4.69) is 28.0 Å². The molecule has 36 heavy (non-hydrogen) atoms. The maximum Gasteiger partial charge on any atom is 0.409 e. The lowest BCUT2D eigenvalue weighted by atomic mass is 9.78. The van der Waals surface area contributed by atoms with Crippen molar-refractivity contribution in [1.29, 1.82) is 0 Å². The maximum atomic E-state index is 12.5. The Labute approximate surface area is 212 Å². The van der Waals surface area contributed by atoms with Crippen LogP contribution in [-0.4, -0.2) is 90.6 Å². The van der Waals surface area contributed by atoms with Crippen molar-refractivity contribution < 1.29 is 14.3 Å². The molecule has 8 heteroatoms. The van der Waals surface area contributed by atoms with E-state index in [1.807, 2.05) is 37.2 Å². The second kappa shape index (κ2) is 9.07. The third-order valence-corrected chi connectivity index (χ3v) is 8.58. The maximum absolute atomic E-state index is 12.5. The number of aromatic nitrogens is 1. The SMILES string of the molecule is CCOC(=O)N1CC2(CC[C@@H](N3CCN(c4ncccc4-c4ccc5c(c4)C(=O)N(C)C5)CC3)C2)C1. The average molecular weight is 490 g/mol. The average Bonchev–Trinajstić information content (AvgIpc) is 3.45. The number of carbonyl (C=O) groups is 2. The molecule has 0 N–H and O–H groups in total. The highest BCUT2D eigenvalue weighted by Gasteiger charge is 2.51. The zero-order valence-electron chi connectivity index (χ0n) is 21.3. The fourth-order valence-electron chi connectivity index (χ4n) is 6.67. The summed E-state index contributed by atoms with van der Waals surface area (Å²) in [5, 5.41) is 0. The third-order valence-electron chi connectivity index (χ3n) is 8.58. The number of hydrogen-bond donors (Lipinski definition) is 0.